The normalized spacial score (nSPS) is 10.9. The molecule has 0 saturated heterocycles. The van der Waals surface area contributed by atoms with Crippen LogP contribution < -0.4 is 11.1 Å². The summed E-state index contributed by atoms with van der Waals surface area (Å²) in [5.41, 5.74) is 5.97. The molecule has 1 amide bonds. The molecular formula is C14H20N2O3. The molecule has 0 aliphatic rings. The molecule has 104 valence electrons. The summed E-state index contributed by atoms with van der Waals surface area (Å²) in [5.74, 6) is -0.700. The highest BCUT2D eigenvalue weighted by Gasteiger charge is 2.15. The zero-order valence-electron chi connectivity index (χ0n) is 11.5. The van der Waals surface area contributed by atoms with Gasteiger partial charge in [-0.05, 0) is 45.0 Å². The van der Waals surface area contributed by atoms with Crippen molar-refractivity contribution in [3.05, 3.63) is 29.8 Å². The van der Waals surface area contributed by atoms with Gasteiger partial charge in [0.25, 0.3) is 0 Å². The van der Waals surface area contributed by atoms with E-state index in [0.29, 0.717) is 12.1 Å². The SMILES string of the molecule is CC(C)(C)OC(=O)CCNc1ccc(C(N)=O)cc1. The molecule has 0 aliphatic carbocycles. The van der Waals surface area contributed by atoms with Gasteiger partial charge in [-0.2, -0.15) is 0 Å². The van der Waals surface area contributed by atoms with E-state index in [4.69, 9.17) is 10.5 Å². The van der Waals surface area contributed by atoms with Crippen LogP contribution in [0.1, 0.15) is 37.6 Å². The minimum atomic E-state index is -0.458. The van der Waals surface area contributed by atoms with E-state index < -0.39 is 11.5 Å². The summed E-state index contributed by atoms with van der Waals surface area (Å²) in [4.78, 5) is 22.4. The van der Waals surface area contributed by atoms with Crippen molar-refractivity contribution in [3.63, 3.8) is 0 Å². The van der Waals surface area contributed by atoms with Crippen molar-refractivity contribution in [2.45, 2.75) is 32.8 Å². The van der Waals surface area contributed by atoms with Gasteiger partial charge in [-0.15, -0.1) is 0 Å². The molecule has 3 N–H and O–H groups in total. The Morgan fingerprint density at radius 2 is 1.79 bits per heavy atom. The number of esters is 1. The van der Waals surface area contributed by atoms with Crippen LogP contribution in [0.15, 0.2) is 24.3 Å². The summed E-state index contributed by atoms with van der Waals surface area (Å²) in [6.07, 6.45) is 0.287. The lowest BCUT2D eigenvalue weighted by Gasteiger charge is -2.19. The average molecular weight is 264 g/mol. The predicted octanol–water partition coefficient (Wildman–Crippen LogP) is 1.93. The van der Waals surface area contributed by atoms with E-state index in [1.165, 1.54) is 0 Å². The predicted molar refractivity (Wildman–Crippen MR) is 73.9 cm³/mol. The minimum Gasteiger partial charge on any atom is -0.460 e. The molecule has 0 aromatic heterocycles. The molecule has 0 radical (unpaired) electrons. The van der Waals surface area contributed by atoms with Gasteiger partial charge in [0.05, 0.1) is 6.42 Å². The fourth-order valence-electron chi connectivity index (χ4n) is 1.45. The fourth-order valence-corrected chi connectivity index (χ4v) is 1.45. The second-order valence-electron chi connectivity index (χ2n) is 5.20. The summed E-state index contributed by atoms with van der Waals surface area (Å²) in [7, 11) is 0. The van der Waals surface area contributed by atoms with E-state index in [-0.39, 0.29) is 12.4 Å². The van der Waals surface area contributed by atoms with E-state index >= 15 is 0 Å². The van der Waals surface area contributed by atoms with Gasteiger partial charge < -0.3 is 15.8 Å². The lowest BCUT2D eigenvalue weighted by molar-refractivity contribution is -0.154. The first-order valence-corrected chi connectivity index (χ1v) is 6.13. The van der Waals surface area contributed by atoms with Gasteiger partial charge in [0.15, 0.2) is 0 Å². The third kappa shape index (κ3) is 5.90. The summed E-state index contributed by atoms with van der Waals surface area (Å²) >= 11 is 0. The Kier molecular flexibility index (Phi) is 4.92. The quantitative estimate of drug-likeness (QED) is 0.796. The first-order valence-electron chi connectivity index (χ1n) is 6.13. The van der Waals surface area contributed by atoms with Crippen molar-refractivity contribution < 1.29 is 14.3 Å². The zero-order valence-corrected chi connectivity index (χ0v) is 11.5. The van der Waals surface area contributed by atoms with Crippen LogP contribution in [0.5, 0.6) is 0 Å². The smallest absolute Gasteiger partial charge is 0.308 e. The van der Waals surface area contributed by atoms with Gasteiger partial charge >= 0.3 is 5.97 Å². The molecule has 1 rings (SSSR count). The van der Waals surface area contributed by atoms with E-state index in [9.17, 15) is 9.59 Å². The lowest BCUT2D eigenvalue weighted by Crippen LogP contribution is -2.25. The number of carbonyl (C=O) groups excluding carboxylic acids is 2. The van der Waals surface area contributed by atoms with Crippen LogP contribution in [-0.2, 0) is 9.53 Å². The Labute approximate surface area is 113 Å². The molecule has 5 heteroatoms. The lowest BCUT2D eigenvalue weighted by atomic mass is 10.2. The van der Waals surface area contributed by atoms with Gasteiger partial charge in [0.1, 0.15) is 5.60 Å². The number of primary amides is 1. The van der Waals surface area contributed by atoms with Crippen molar-refractivity contribution in [2.75, 3.05) is 11.9 Å². The van der Waals surface area contributed by atoms with E-state index in [2.05, 4.69) is 5.32 Å². The van der Waals surface area contributed by atoms with Crippen LogP contribution in [-0.4, -0.2) is 24.0 Å². The molecule has 0 aliphatic heterocycles. The maximum atomic E-state index is 11.5. The van der Waals surface area contributed by atoms with Crippen LogP contribution in [0.4, 0.5) is 5.69 Å². The van der Waals surface area contributed by atoms with Crippen LogP contribution >= 0.6 is 0 Å². The number of benzene rings is 1. The monoisotopic (exact) mass is 264 g/mol. The van der Waals surface area contributed by atoms with Gasteiger partial charge in [-0.1, -0.05) is 0 Å². The number of carbonyl (C=O) groups is 2. The van der Waals surface area contributed by atoms with Crippen LogP contribution in [0.3, 0.4) is 0 Å². The Hall–Kier alpha value is -2.04. The number of hydrogen-bond donors (Lipinski definition) is 2. The summed E-state index contributed by atoms with van der Waals surface area (Å²) in [5, 5.41) is 3.07. The van der Waals surface area contributed by atoms with Crippen LogP contribution in [0, 0.1) is 0 Å². The maximum Gasteiger partial charge on any atom is 0.308 e. The van der Waals surface area contributed by atoms with Crippen molar-refractivity contribution in [1.82, 2.24) is 0 Å². The molecular weight excluding hydrogens is 244 g/mol. The molecule has 0 bridgehead atoms. The third-order valence-corrected chi connectivity index (χ3v) is 2.25. The highest BCUT2D eigenvalue weighted by molar-refractivity contribution is 5.93. The summed E-state index contributed by atoms with van der Waals surface area (Å²) in [6, 6.07) is 6.76. The van der Waals surface area contributed by atoms with Gasteiger partial charge in [0, 0.05) is 17.8 Å². The number of ether oxygens (including phenoxy) is 1. The van der Waals surface area contributed by atoms with Crippen molar-refractivity contribution >= 4 is 17.6 Å². The first-order chi connectivity index (χ1) is 8.78. The Morgan fingerprint density at radius 1 is 1.21 bits per heavy atom. The Balaban J connectivity index is 2.37. The molecule has 0 unspecified atom stereocenters. The standard InChI is InChI=1S/C14H20N2O3/c1-14(2,3)19-12(17)8-9-16-11-6-4-10(5-7-11)13(15)18/h4-7,16H,8-9H2,1-3H3,(H2,15,18). The molecule has 0 fully saturated rings. The van der Waals surface area contributed by atoms with Crippen LogP contribution in [0.2, 0.25) is 0 Å². The molecule has 19 heavy (non-hydrogen) atoms. The number of amides is 1. The van der Waals surface area contributed by atoms with Gasteiger partial charge in [0.2, 0.25) is 5.91 Å². The largest absolute Gasteiger partial charge is 0.460 e. The van der Waals surface area contributed by atoms with Crippen molar-refractivity contribution in [3.8, 4) is 0 Å². The second-order valence-corrected chi connectivity index (χ2v) is 5.20. The molecule has 0 heterocycles. The topological polar surface area (TPSA) is 81.4 Å². The molecule has 0 saturated carbocycles. The molecule has 1 aromatic rings. The highest BCUT2D eigenvalue weighted by Crippen LogP contribution is 2.10. The number of rotatable bonds is 5. The minimum absolute atomic E-state index is 0.242. The molecule has 5 nitrogen and oxygen atoms in total. The van der Waals surface area contributed by atoms with E-state index in [1.807, 2.05) is 20.8 Å². The van der Waals surface area contributed by atoms with Crippen molar-refractivity contribution in [1.29, 1.82) is 0 Å². The maximum absolute atomic E-state index is 11.5. The Bertz CT molecular complexity index is 447. The summed E-state index contributed by atoms with van der Waals surface area (Å²) < 4.78 is 5.19. The third-order valence-electron chi connectivity index (χ3n) is 2.25. The Morgan fingerprint density at radius 3 is 2.26 bits per heavy atom. The number of anilines is 1. The number of hydrogen-bond acceptors (Lipinski definition) is 4. The average Bonchev–Trinajstić information content (AvgIpc) is 2.27. The van der Waals surface area contributed by atoms with Crippen molar-refractivity contribution in [2.24, 2.45) is 5.73 Å². The fraction of sp³-hybridized carbons (Fsp3) is 0.429. The van der Waals surface area contributed by atoms with E-state index in [1.54, 1.807) is 24.3 Å². The van der Waals surface area contributed by atoms with Gasteiger partial charge in [-0.3, -0.25) is 9.59 Å². The molecule has 0 spiro atoms. The number of nitrogens with two attached hydrogens (primary N) is 1. The van der Waals surface area contributed by atoms with Gasteiger partial charge in [-0.25, -0.2) is 0 Å². The van der Waals surface area contributed by atoms with Crippen LogP contribution in [0.25, 0.3) is 0 Å². The summed E-state index contributed by atoms with van der Waals surface area (Å²) in [6.45, 7) is 5.98. The second kappa shape index (κ2) is 6.22. The molecule has 1 aromatic carbocycles. The first kappa shape index (κ1) is 15.0. The zero-order chi connectivity index (χ0) is 14.5. The molecule has 0 atom stereocenters. The highest BCUT2D eigenvalue weighted by atomic mass is 16.6. The van der Waals surface area contributed by atoms with E-state index in [0.717, 1.165) is 5.69 Å². The number of nitrogens with one attached hydrogen (secondary N) is 1.